The molecule has 0 unspecified atom stereocenters. The number of thiocarbonyl (C=S) groups is 1. The number of anilines is 1. The molecule has 1 aliphatic heterocycles. The minimum Gasteiger partial charge on any atom is -0.383 e. The number of benzene rings is 2. The first kappa shape index (κ1) is 30.7. The number of amides is 1. The molecule has 1 fully saturated rings. The highest BCUT2D eigenvalue weighted by Gasteiger charge is 2.46. The van der Waals surface area contributed by atoms with Crippen LogP contribution in [0.25, 0.3) is 6.08 Å². The molecule has 1 heterocycles. The van der Waals surface area contributed by atoms with Gasteiger partial charge in [0.1, 0.15) is 0 Å². The van der Waals surface area contributed by atoms with Gasteiger partial charge in [0.05, 0.1) is 30.9 Å². The van der Waals surface area contributed by atoms with Crippen LogP contribution in [0.3, 0.4) is 0 Å². The standard InChI is InChI=1S/C25H25F6N3O3S2/c1-36-12-9-32-23(38)33-17-3-2-4-18(15-17)39-19-7-5-16(6-8-20(35)34-10-13-37-14-11-34)21(24(26,27)28)22(19)25(29,30)31/h2-8,15H,9-14H2,1H3,(H2,32,33,38). The summed E-state index contributed by atoms with van der Waals surface area (Å²) >= 11 is 5.68. The number of carbonyl (C=O) groups excluding carboxylic acids is 1. The number of morpholine rings is 1. The SMILES string of the molecule is COCCNC(=S)Nc1cccc(Sc2ccc(C=CC(=O)N3CCOCC3)c(C(F)(F)F)c2C(F)(F)F)c1. The fourth-order valence-corrected chi connectivity index (χ4v) is 4.93. The summed E-state index contributed by atoms with van der Waals surface area (Å²) < 4.78 is 94.7. The second-order valence-corrected chi connectivity index (χ2v) is 9.70. The Labute approximate surface area is 230 Å². The zero-order valence-corrected chi connectivity index (χ0v) is 22.3. The van der Waals surface area contributed by atoms with Crippen molar-refractivity contribution in [2.24, 2.45) is 0 Å². The molecule has 2 aromatic rings. The molecule has 1 saturated heterocycles. The van der Waals surface area contributed by atoms with Crippen molar-refractivity contribution in [2.45, 2.75) is 22.1 Å². The van der Waals surface area contributed by atoms with Crippen LogP contribution in [0.1, 0.15) is 16.7 Å². The van der Waals surface area contributed by atoms with Crippen molar-refractivity contribution in [1.82, 2.24) is 10.2 Å². The Kier molecular flexibility index (Phi) is 10.6. The van der Waals surface area contributed by atoms with Gasteiger partial charge in [-0.15, -0.1) is 0 Å². The maximum atomic E-state index is 14.1. The zero-order chi connectivity index (χ0) is 28.6. The fraction of sp³-hybridized carbons (Fsp3) is 0.360. The summed E-state index contributed by atoms with van der Waals surface area (Å²) in [6.45, 7) is 1.83. The van der Waals surface area contributed by atoms with Gasteiger partial charge in [-0.2, -0.15) is 26.3 Å². The lowest BCUT2D eigenvalue weighted by Crippen LogP contribution is -2.39. The number of hydrogen-bond donors (Lipinski definition) is 2. The second kappa shape index (κ2) is 13.5. The third kappa shape index (κ3) is 8.85. The van der Waals surface area contributed by atoms with E-state index in [1.807, 2.05) is 0 Å². The lowest BCUT2D eigenvalue weighted by Gasteiger charge is -2.25. The molecule has 1 aliphatic rings. The summed E-state index contributed by atoms with van der Waals surface area (Å²) in [5.41, 5.74) is -4.01. The van der Waals surface area contributed by atoms with Gasteiger partial charge in [-0.3, -0.25) is 4.79 Å². The quantitative estimate of drug-likeness (QED) is 0.177. The Hall–Kier alpha value is -2.81. The third-order valence-electron chi connectivity index (χ3n) is 5.41. The number of hydrogen-bond acceptors (Lipinski definition) is 5. The highest BCUT2D eigenvalue weighted by molar-refractivity contribution is 7.99. The van der Waals surface area contributed by atoms with E-state index >= 15 is 0 Å². The summed E-state index contributed by atoms with van der Waals surface area (Å²) in [7, 11) is 1.52. The van der Waals surface area contributed by atoms with Crippen molar-refractivity contribution < 1.29 is 40.6 Å². The number of nitrogens with one attached hydrogen (secondary N) is 2. The number of methoxy groups -OCH3 is 1. The van der Waals surface area contributed by atoms with Crippen LogP contribution in [0, 0.1) is 0 Å². The molecule has 39 heavy (non-hydrogen) atoms. The van der Waals surface area contributed by atoms with E-state index in [1.165, 1.54) is 30.2 Å². The molecule has 3 rings (SSSR count). The van der Waals surface area contributed by atoms with Gasteiger partial charge in [0.25, 0.3) is 0 Å². The third-order valence-corrected chi connectivity index (χ3v) is 6.70. The minimum absolute atomic E-state index is 0.237. The molecule has 0 aromatic heterocycles. The first-order valence-corrected chi connectivity index (χ1v) is 12.8. The van der Waals surface area contributed by atoms with Crippen LogP contribution in [0.15, 0.2) is 52.3 Å². The van der Waals surface area contributed by atoms with Crippen molar-refractivity contribution in [3.63, 3.8) is 0 Å². The Balaban J connectivity index is 1.94. The summed E-state index contributed by atoms with van der Waals surface area (Å²) in [5.74, 6) is -0.614. The average molecular weight is 594 g/mol. The molecule has 2 N–H and O–H groups in total. The smallest absolute Gasteiger partial charge is 0.383 e. The van der Waals surface area contributed by atoms with Crippen LogP contribution >= 0.6 is 24.0 Å². The van der Waals surface area contributed by atoms with Gasteiger partial charge in [-0.05, 0) is 48.1 Å². The van der Waals surface area contributed by atoms with Crippen LogP contribution in [0.5, 0.6) is 0 Å². The van der Waals surface area contributed by atoms with E-state index in [4.69, 9.17) is 21.7 Å². The van der Waals surface area contributed by atoms with E-state index in [2.05, 4.69) is 10.6 Å². The molecular weight excluding hydrogens is 568 g/mol. The van der Waals surface area contributed by atoms with Crippen LogP contribution in [0.4, 0.5) is 32.0 Å². The molecular formula is C25H25F6N3O3S2. The lowest BCUT2D eigenvalue weighted by atomic mass is 9.99. The van der Waals surface area contributed by atoms with E-state index in [1.54, 1.807) is 6.07 Å². The Morgan fingerprint density at radius 2 is 1.79 bits per heavy atom. The molecule has 0 bridgehead atoms. The van der Waals surface area contributed by atoms with Gasteiger partial charge in [-0.1, -0.05) is 23.9 Å². The second-order valence-electron chi connectivity index (χ2n) is 8.17. The molecule has 0 saturated carbocycles. The van der Waals surface area contributed by atoms with Crippen molar-refractivity contribution in [1.29, 1.82) is 0 Å². The number of carbonyl (C=O) groups is 1. The molecule has 14 heteroatoms. The molecule has 2 aromatic carbocycles. The van der Waals surface area contributed by atoms with E-state index in [9.17, 15) is 31.1 Å². The Morgan fingerprint density at radius 1 is 1.10 bits per heavy atom. The summed E-state index contributed by atoms with van der Waals surface area (Å²) in [6, 6.07) is 7.99. The van der Waals surface area contributed by atoms with E-state index in [-0.39, 0.29) is 36.3 Å². The summed E-state index contributed by atoms with van der Waals surface area (Å²) in [4.78, 5) is 13.3. The molecule has 0 spiro atoms. The van der Waals surface area contributed by atoms with Crippen molar-refractivity contribution in [3.05, 3.63) is 59.2 Å². The number of nitrogens with zero attached hydrogens (tertiary/aromatic N) is 1. The van der Waals surface area contributed by atoms with Gasteiger partial charge in [0, 0.05) is 48.3 Å². The Morgan fingerprint density at radius 3 is 2.44 bits per heavy atom. The van der Waals surface area contributed by atoms with E-state index in [0.29, 0.717) is 30.6 Å². The molecule has 212 valence electrons. The summed E-state index contributed by atoms with van der Waals surface area (Å²) in [6.07, 6.45) is -9.05. The first-order valence-electron chi connectivity index (χ1n) is 11.6. The molecule has 6 nitrogen and oxygen atoms in total. The van der Waals surface area contributed by atoms with E-state index in [0.717, 1.165) is 24.3 Å². The number of halogens is 6. The molecule has 0 atom stereocenters. The first-order chi connectivity index (χ1) is 18.4. The van der Waals surface area contributed by atoms with Crippen LogP contribution < -0.4 is 10.6 Å². The van der Waals surface area contributed by atoms with E-state index < -0.39 is 39.8 Å². The van der Waals surface area contributed by atoms with Crippen molar-refractivity contribution in [2.75, 3.05) is 51.9 Å². The van der Waals surface area contributed by atoms with Gasteiger partial charge in [-0.25, -0.2) is 0 Å². The molecule has 0 aliphatic carbocycles. The zero-order valence-electron chi connectivity index (χ0n) is 20.6. The Bertz CT molecular complexity index is 1200. The van der Waals surface area contributed by atoms with Crippen LogP contribution in [-0.4, -0.2) is 62.5 Å². The van der Waals surface area contributed by atoms with Gasteiger partial charge < -0.3 is 25.0 Å². The van der Waals surface area contributed by atoms with Gasteiger partial charge >= 0.3 is 12.4 Å². The van der Waals surface area contributed by atoms with Gasteiger partial charge in [0.2, 0.25) is 5.91 Å². The predicted octanol–water partition coefficient (Wildman–Crippen LogP) is 5.68. The number of ether oxygens (including phenoxy) is 2. The molecule has 1 amide bonds. The predicted molar refractivity (Wildman–Crippen MR) is 140 cm³/mol. The van der Waals surface area contributed by atoms with Crippen LogP contribution in [0.2, 0.25) is 0 Å². The van der Waals surface area contributed by atoms with Crippen molar-refractivity contribution >= 4 is 46.8 Å². The fourth-order valence-electron chi connectivity index (χ4n) is 3.67. The lowest BCUT2D eigenvalue weighted by molar-refractivity contribution is -0.163. The monoisotopic (exact) mass is 593 g/mol. The normalized spacial score (nSPS) is 14.5. The molecule has 0 radical (unpaired) electrons. The van der Waals surface area contributed by atoms with Gasteiger partial charge in [0.15, 0.2) is 5.11 Å². The minimum atomic E-state index is -5.34. The van der Waals surface area contributed by atoms with Crippen LogP contribution in [-0.2, 0) is 26.6 Å². The average Bonchev–Trinajstić information content (AvgIpc) is 2.87. The maximum Gasteiger partial charge on any atom is 0.418 e. The highest BCUT2D eigenvalue weighted by atomic mass is 32.2. The topological polar surface area (TPSA) is 62.8 Å². The maximum absolute atomic E-state index is 14.1. The van der Waals surface area contributed by atoms with Crippen molar-refractivity contribution in [3.8, 4) is 0 Å². The number of rotatable bonds is 8. The highest BCUT2D eigenvalue weighted by Crippen LogP contribution is 2.48. The largest absolute Gasteiger partial charge is 0.418 e. The summed E-state index contributed by atoms with van der Waals surface area (Å²) in [5, 5.41) is 5.99. The number of alkyl halides is 6.